The summed E-state index contributed by atoms with van der Waals surface area (Å²) in [5, 5.41) is 10.2. The molecule has 0 fully saturated rings. The molecule has 3 heteroatoms. The van der Waals surface area contributed by atoms with Gasteiger partial charge in [0.15, 0.2) is 0 Å². The highest BCUT2D eigenvalue weighted by Crippen LogP contribution is 2.22. The van der Waals surface area contributed by atoms with Gasteiger partial charge in [-0.1, -0.05) is 35.9 Å². The van der Waals surface area contributed by atoms with E-state index >= 15 is 0 Å². The van der Waals surface area contributed by atoms with E-state index in [-0.39, 0.29) is 0 Å². The Labute approximate surface area is 118 Å². The lowest BCUT2D eigenvalue weighted by Crippen LogP contribution is -1.98. The van der Waals surface area contributed by atoms with Crippen molar-refractivity contribution in [2.75, 3.05) is 0 Å². The van der Waals surface area contributed by atoms with Crippen molar-refractivity contribution >= 4 is 11.6 Å². The van der Waals surface area contributed by atoms with Crippen LogP contribution in [0.3, 0.4) is 0 Å². The highest BCUT2D eigenvalue weighted by molar-refractivity contribution is 6.31. The number of benzene rings is 2. The largest absolute Gasteiger partial charge is 0.489 e. The first kappa shape index (κ1) is 13.9. The number of aliphatic hydroxyl groups excluding tert-OH is 1. The molecule has 2 aromatic carbocycles. The maximum Gasteiger partial charge on any atom is 0.120 e. The van der Waals surface area contributed by atoms with Crippen LogP contribution < -0.4 is 4.74 Å². The van der Waals surface area contributed by atoms with Gasteiger partial charge in [-0.2, -0.15) is 0 Å². The highest BCUT2D eigenvalue weighted by atomic mass is 35.5. The molecule has 0 aliphatic rings. The predicted octanol–water partition coefficient (Wildman–Crippen LogP) is 4.28. The van der Waals surface area contributed by atoms with Crippen LogP contribution in [0.25, 0.3) is 0 Å². The molecule has 0 amide bonds. The van der Waals surface area contributed by atoms with E-state index in [1.54, 1.807) is 6.92 Å². The van der Waals surface area contributed by atoms with E-state index in [2.05, 4.69) is 0 Å². The SMILES string of the molecule is Cc1ccc(COc2cccc([C@H](C)O)c2)c(Cl)c1. The fourth-order valence-electron chi connectivity index (χ4n) is 1.79. The van der Waals surface area contributed by atoms with Crippen LogP contribution in [0.1, 0.15) is 29.7 Å². The maximum absolute atomic E-state index is 9.53. The zero-order valence-electron chi connectivity index (χ0n) is 11.1. The van der Waals surface area contributed by atoms with Crippen LogP contribution in [0, 0.1) is 6.92 Å². The van der Waals surface area contributed by atoms with Crippen LogP contribution in [0.5, 0.6) is 5.75 Å². The molecule has 0 spiro atoms. The Morgan fingerprint density at radius 1 is 1.21 bits per heavy atom. The first-order valence-corrected chi connectivity index (χ1v) is 6.60. The molecule has 1 N–H and O–H groups in total. The van der Waals surface area contributed by atoms with Crippen molar-refractivity contribution < 1.29 is 9.84 Å². The fraction of sp³-hybridized carbons (Fsp3) is 0.250. The number of hydrogen-bond acceptors (Lipinski definition) is 2. The van der Waals surface area contributed by atoms with Gasteiger partial charge < -0.3 is 9.84 Å². The van der Waals surface area contributed by atoms with Crippen molar-refractivity contribution in [3.8, 4) is 5.75 Å². The summed E-state index contributed by atoms with van der Waals surface area (Å²) in [5.74, 6) is 0.732. The van der Waals surface area contributed by atoms with Crippen molar-refractivity contribution in [2.24, 2.45) is 0 Å². The molecule has 0 saturated carbocycles. The van der Waals surface area contributed by atoms with Crippen LogP contribution in [-0.2, 0) is 6.61 Å². The first-order chi connectivity index (χ1) is 9.06. The third kappa shape index (κ3) is 3.72. The number of ether oxygens (including phenoxy) is 1. The molecule has 100 valence electrons. The normalized spacial score (nSPS) is 12.2. The van der Waals surface area contributed by atoms with Crippen LogP contribution >= 0.6 is 11.6 Å². The van der Waals surface area contributed by atoms with E-state index in [0.717, 1.165) is 22.4 Å². The van der Waals surface area contributed by atoms with Gasteiger partial charge in [0.2, 0.25) is 0 Å². The summed E-state index contributed by atoms with van der Waals surface area (Å²) in [5.41, 5.74) is 2.92. The maximum atomic E-state index is 9.53. The number of hydrogen-bond donors (Lipinski definition) is 1. The van der Waals surface area contributed by atoms with Gasteiger partial charge in [-0.05, 0) is 43.2 Å². The summed E-state index contributed by atoms with van der Waals surface area (Å²) >= 11 is 6.16. The standard InChI is InChI=1S/C16H17ClO2/c1-11-6-7-14(16(17)8-11)10-19-15-5-3-4-13(9-15)12(2)18/h3-9,12,18H,10H2,1-2H3/t12-/m0/s1. The Morgan fingerprint density at radius 2 is 2.00 bits per heavy atom. The third-order valence-electron chi connectivity index (χ3n) is 2.94. The third-order valence-corrected chi connectivity index (χ3v) is 3.30. The van der Waals surface area contributed by atoms with E-state index in [9.17, 15) is 5.11 Å². The summed E-state index contributed by atoms with van der Waals surface area (Å²) in [6.07, 6.45) is -0.494. The number of halogens is 1. The summed E-state index contributed by atoms with van der Waals surface area (Å²) in [7, 11) is 0. The van der Waals surface area contributed by atoms with Crippen LogP contribution in [0.2, 0.25) is 5.02 Å². The van der Waals surface area contributed by atoms with Gasteiger partial charge in [0.25, 0.3) is 0 Å². The lowest BCUT2D eigenvalue weighted by molar-refractivity contribution is 0.198. The molecule has 0 heterocycles. The Kier molecular flexibility index (Phi) is 4.46. The summed E-state index contributed by atoms with van der Waals surface area (Å²) in [4.78, 5) is 0. The molecule has 0 aromatic heterocycles. The molecule has 2 aromatic rings. The molecule has 0 unspecified atom stereocenters. The van der Waals surface area contributed by atoms with E-state index in [4.69, 9.17) is 16.3 Å². The second-order valence-corrected chi connectivity index (χ2v) is 5.04. The molecular weight excluding hydrogens is 260 g/mol. The molecule has 0 aliphatic carbocycles. The molecular formula is C16H17ClO2. The van der Waals surface area contributed by atoms with Gasteiger partial charge in [-0.25, -0.2) is 0 Å². The summed E-state index contributed by atoms with van der Waals surface area (Å²) < 4.78 is 5.71. The average Bonchev–Trinajstić information content (AvgIpc) is 2.38. The highest BCUT2D eigenvalue weighted by Gasteiger charge is 2.04. The van der Waals surface area contributed by atoms with E-state index in [1.807, 2.05) is 49.4 Å². The lowest BCUT2D eigenvalue weighted by atomic mass is 10.1. The smallest absolute Gasteiger partial charge is 0.120 e. The second kappa shape index (κ2) is 6.09. The van der Waals surface area contributed by atoms with Crippen LogP contribution in [-0.4, -0.2) is 5.11 Å². The van der Waals surface area contributed by atoms with Crippen molar-refractivity contribution in [2.45, 2.75) is 26.6 Å². The zero-order chi connectivity index (χ0) is 13.8. The molecule has 19 heavy (non-hydrogen) atoms. The molecule has 0 saturated heterocycles. The molecule has 1 atom stereocenters. The molecule has 2 nitrogen and oxygen atoms in total. The molecule has 0 bridgehead atoms. The average molecular weight is 277 g/mol. The van der Waals surface area contributed by atoms with Crippen LogP contribution in [0.15, 0.2) is 42.5 Å². The first-order valence-electron chi connectivity index (χ1n) is 6.22. The van der Waals surface area contributed by atoms with E-state index in [0.29, 0.717) is 11.6 Å². The minimum absolute atomic E-state index is 0.419. The van der Waals surface area contributed by atoms with Gasteiger partial charge in [0.1, 0.15) is 12.4 Å². The van der Waals surface area contributed by atoms with Crippen molar-refractivity contribution in [1.82, 2.24) is 0 Å². The fourth-order valence-corrected chi connectivity index (χ4v) is 2.08. The number of rotatable bonds is 4. The second-order valence-electron chi connectivity index (χ2n) is 4.63. The van der Waals surface area contributed by atoms with Crippen LogP contribution in [0.4, 0.5) is 0 Å². The van der Waals surface area contributed by atoms with Gasteiger partial charge >= 0.3 is 0 Å². The van der Waals surface area contributed by atoms with E-state index < -0.39 is 6.10 Å². The lowest BCUT2D eigenvalue weighted by Gasteiger charge is -2.10. The van der Waals surface area contributed by atoms with Crippen molar-refractivity contribution in [1.29, 1.82) is 0 Å². The molecule has 0 aliphatic heterocycles. The zero-order valence-corrected chi connectivity index (χ0v) is 11.8. The Balaban J connectivity index is 2.08. The topological polar surface area (TPSA) is 29.5 Å². The Bertz CT molecular complexity index is 564. The summed E-state index contributed by atoms with van der Waals surface area (Å²) in [6, 6.07) is 13.4. The van der Waals surface area contributed by atoms with Crippen molar-refractivity contribution in [3.05, 3.63) is 64.2 Å². The van der Waals surface area contributed by atoms with E-state index in [1.165, 1.54) is 0 Å². The monoisotopic (exact) mass is 276 g/mol. The quantitative estimate of drug-likeness (QED) is 0.903. The molecule has 0 radical (unpaired) electrons. The number of aryl methyl sites for hydroxylation is 1. The Hall–Kier alpha value is -1.51. The van der Waals surface area contributed by atoms with Gasteiger partial charge in [0, 0.05) is 10.6 Å². The van der Waals surface area contributed by atoms with Gasteiger partial charge in [-0.15, -0.1) is 0 Å². The van der Waals surface area contributed by atoms with Gasteiger partial charge in [-0.3, -0.25) is 0 Å². The van der Waals surface area contributed by atoms with Crippen molar-refractivity contribution in [3.63, 3.8) is 0 Å². The molecule has 2 rings (SSSR count). The minimum Gasteiger partial charge on any atom is -0.489 e. The van der Waals surface area contributed by atoms with Gasteiger partial charge in [0.05, 0.1) is 6.10 Å². The number of aliphatic hydroxyl groups is 1. The minimum atomic E-state index is -0.494. The Morgan fingerprint density at radius 3 is 2.68 bits per heavy atom. The summed E-state index contributed by atoms with van der Waals surface area (Å²) in [6.45, 7) is 4.15. The predicted molar refractivity (Wildman–Crippen MR) is 77.6 cm³/mol.